The van der Waals surface area contributed by atoms with Crippen LogP contribution in [0, 0.1) is 6.92 Å². The molecule has 0 unspecified atom stereocenters. The van der Waals surface area contributed by atoms with Crippen LogP contribution >= 0.6 is 11.8 Å². The Morgan fingerprint density at radius 3 is 2.45 bits per heavy atom. The lowest BCUT2D eigenvalue weighted by molar-refractivity contribution is -0.134. The topological polar surface area (TPSA) is 60.3 Å². The summed E-state index contributed by atoms with van der Waals surface area (Å²) >= 11 is 1.45. The smallest absolute Gasteiger partial charge is 0.240 e. The van der Waals surface area contributed by atoms with E-state index in [1.54, 1.807) is 0 Å². The Kier molecular flexibility index (Phi) is 5.97. The van der Waals surface area contributed by atoms with Crippen molar-refractivity contribution in [2.45, 2.75) is 17.3 Å². The summed E-state index contributed by atoms with van der Waals surface area (Å²) in [4.78, 5) is 15.2. The Morgan fingerprint density at radius 2 is 1.72 bits per heavy atom. The molecule has 1 saturated heterocycles. The van der Waals surface area contributed by atoms with Gasteiger partial charge in [-0.2, -0.15) is 0 Å². The summed E-state index contributed by atoms with van der Waals surface area (Å²) in [5.74, 6) is 0.890. The maximum atomic E-state index is 13.3. The largest absolute Gasteiger partial charge is 0.378 e. The molecule has 1 aromatic heterocycles. The summed E-state index contributed by atoms with van der Waals surface area (Å²) in [6.45, 7) is 4.47. The quantitative estimate of drug-likeness (QED) is 0.605. The highest BCUT2D eigenvalue weighted by molar-refractivity contribution is 8.00. The highest BCUT2D eigenvalue weighted by Gasteiger charge is 2.30. The van der Waals surface area contributed by atoms with Gasteiger partial charge in [0.05, 0.1) is 13.2 Å². The number of benzene rings is 2. The average Bonchev–Trinajstić information content (AvgIpc) is 3.13. The molecule has 0 saturated carbocycles. The van der Waals surface area contributed by atoms with Crippen LogP contribution in [0.1, 0.15) is 16.4 Å². The molecule has 2 heterocycles. The van der Waals surface area contributed by atoms with Gasteiger partial charge in [0.2, 0.25) is 5.91 Å². The van der Waals surface area contributed by atoms with Crippen LogP contribution in [0.4, 0.5) is 0 Å². The van der Waals surface area contributed by atoms with E-state index in [1.165, 1.54) is 11.8 Å². The molecular formula is C22H24N4O2S. The zero-order valence-corrected chi connectivity index (χ0v) is 17.4. The van der Waals surface area contributed by atoms with Crippen molar-refractivity contribution in [1.29, 1.82) is 0 Å². The Bertz CT molecular complexity index is 983. The summed E-state index contributed by atoms with van der Waals surface area (Å²) in [6.07, 6.45) is 0. The van der Waals surface area contributed by atoms with Gasteiger partial charge in [-0.15, -0.1) is 10.2 Å². The van der Waals surface area contributed by atoms with E-state index >= 15 is 0 Å². The number of hydrogen-bond donors (Lipinski definition) is 0. The molecule has 1 amide bonds. The molecule has 3 aromatic rings. The minimum Gasteiger partial charge on any atom is -0.378 e. The highest BCUT2D eigenvalue weighted by atomic mass is 32.2. The second-order valence-electron chi connectivity index (χ2n) is 7.03. The first-order chi connectivity index (χ1) is 14.1. The Hall–Kier alpha value is -2.64. The number of thioether (sulfide) groups is 1. The summed E-state index contributed by atoms with van der Waals surface area (Å²) in [7, 11) is 1.95. The van der Waals surface area contributed by atoms with Crippen LogP contribution in [-0.2, 0) is 16.6 Å². The summed E-state index contributed by atoms with van der Waals surface area (Å²) in [5.41, 5.74) is 3.16. The van der Waals surface area contributed by atoms with E-state index in [4.69, 9.17) is 4.74 Å². The second kappa shape index (κ2) is 8.80. The van der Waals surface area contributed by atoms with Gasteiger partial charge in [0.1, 0.15) is 5.25 Å². The van der Waals surface area contributed by atoms with Gasteiger partial charge in [-0.1, -0.05) is 66.4 Å². The Morgan fingerprint density at radius 1 is 1.03 bits per heavy atom. The van der Waals surface area contributed by atoms with Gasteiger partial charge in [-0.25, -0.2) is 0 Å². The minimum atomic E-state index is -0.373. The molecule has 150 valence electrons. The van der Waals surface area contributed by atoms with Gasteiger partial charge in [-0.05, 0) is 18.1 Å². The van der Waals surface area contributed by atoms with Crippen molar-refractivity contribution >= 4 is 17.7 Å². The number of aromatic nitrogens is 3. The average molecular weight is 409 g/mol. The zero-order valence-electron chi connectivity index (χ0n) is 16.6. The normalized spacial score (nSPS) is 15.3. The van der Waals surface area contributed by atoms with Crippen molar-refractivity contribution < 1.29 is 9.53 Å². The number of nitrogens with zero attached hydrogens (tertiary/aromatic N) is 4. The highest BCUT2D eigenvalue weighted by Crippen LogP contribution is 2.37. The van der Waals surface area contributed by atoms with Crippen LogP contribution in [0.25, 0.3) is 11.4 Å². The van der Waals surface area contributed by atoms with Gasteiger partial charge >= 0.3 is 0 Å². The van der Waals surface area contributed by atoms with Gasteiger partial charge in [0, 0.05) is 25.7 Å². The molecule has 2 aromatic carbocycles. The van der Waals surface area contributed by atoms with Crippen LogP contribution < -0.4 is 0 Å². The van der Waals surface area contributed by atoms with Crippen LogP contribution in [0.5, 0.6) is 0 Å². The third-order valence-electron chi connectivity index (χ3n) is 5.09. The van der Waals surface area contributed by atoms with E-state index in [9.17, 15) is 4.79 Å². The summed E-state index contributed by atoms with van der Waals surface area (Å²) in [6, 6.07) is 18.0. The molecular weight excluding hydrogens is 384 g/mol. The second-order valence-corrected chi connectivity index (χ2v) is 8.10. The summed E-state index contributed by atoms with van der Waals surface area (Å²) < 4.78 is 7.38. The third kappa shape index (κ3) is 4.21. The first-order valence-electron chi connectivity index (χ1n) is 9.68. The van der Waals surface area contributed by atoms with Gasteiger partial charge in [0.25, 0.3) is 0 Å². The number of hydrogen-bond acceptors (Lipinski definition) is 5. The fraction of sp³-hybridized carbons (Fsp3) is 0.318. The van der Waals surface area contributed by atoms with Gasteiger partial charge in [0.15, 0.2) is 11.0 Å². The molecule has 4 rings (SSSR count). The number of carbonyl (C=O) groups is 1. The van der Waals surface area contributed by atoms with Crippen molar-refractivity contribution in [3.63, 3.8) is 0 Å². The number of rotatable bonds is 5. The van der Waals surface area contributed by atoms with Gasteiger partial charge < -0.3 is 14.2 Å². The number of morpholine rings is 1. The predicted molar refractivity (Wildman–Crippen MR) is 114 cm³/mol. The van der Waals surface area contributed by atoms with E-state index < -0.39 is 0 Å². The van der Waals surface area contributed by atoms with Crippen molar-refractivity contribution in [2.75, 3.05) is 26.3 Å². The first kappa shape index (κ1) is 19.7. The van der Waals surface area contributed by atoms with Crippen molar-refractivity contribution in [1.82, 2.24) is 19.7 Å². The standard InChI is InChI=1S/C22H24N4O2S/c1-16-8-6-7-11-18(16)20-23-24-22(25(20)2)29-19(17-9-4-3-5-10-17)21(27)26-12-14-28-15-13-26/h3-11,19H,12-15H2,1-2H3/t19-/m1/s1. The molecule has 0 N–H and O–H groups in total. The van der Waals surface area contributed by atoms with Crippen LogP contribution in [0.2, 0.25) is 0 Å². The van der Waals surface area contributed by atoms with Crippen LogP contribution in [-0.4, -0.2) is 51.9 Å². The fourth-order valence-electron chi connectivity index (χ4n) is 3.42. The van der Waals surface area contributed by atoms with E-state index in [0.717, 1.165) is 27.7 Å². The zero-order chi connectivity index (χ0) is 20.2. The van der Waals surface area contributed by atoms with Crippen LogP contribution in [0.15, 0.2) is 59.8 Å². The summed E-state index contributed by atoms with van der Waals surface area (Å²) in [5, 5.41) is 9.17. The molecule has 1 fully saturated rings. The van der Waals surface area contributed by atoms with Gasteiger partial charge in [-0.3, -0.25) is 4.79 Å². The molecule has 7 heteroatoms. The number of aryl methyl sites for hydroxylation is 1. The van der Waals surface area contributed by atoms with Crippen LogP contribution in [0.3, 0.4) is 0 Å². The Balaban J connectivity index is 1.65. The monoisotopic (exact) mass is 408 g/mol. The lowest BCUT2D eigenvalue weighted by Gasteiger charge is -2.30. The number of carbonyl (C=O) groups excluding carboxylic acids is 1. The molecule has 0 aliphatic carbocycles. The molecule has 1 aliphatic heterocycles. The van der Waals surface area contributed by atoms with E-state index in [-0.39, 0.29) is 11.2 Å². The van der Waals surface area contributed by atoms with Crippen molar-refractivity contribution in [3.8, 4) is 11.4 Å². The van der Waals surface area contributed by atoms with Crippen molar-refractivity contribution in [2.24, 2.45) is 7.05 Å². The molecule has 0 radical (unpaired) electrons. The molecule has 29 heavy (non-hydrogen) atoms. The SMILES string of the molecule is Cc1ccccc1-c1nnc(S[C@@H](C(=O)N2CCOCC2)c2ccccc2)n1C. The molecule has 0 spiro atoms. The molecule has 0 bridgehead atoms. The van der Waals surface area contributed by atoms with E-state index in [1.807, 2.05) is 65.0 Å². The lowest BCUT2D eigenvalue weighted by Crippen LogP contribution is -2.42. The Labute approximate surface area is 174 Å². The first-order valence-corrected chi connectivity index (χ1v) is 10.6. The number of amides is 1. The fourth-order valence-corrected chi connectivity index (χ4v) is 4.51. The minimum absolute atomic E-state index is 0.0879. The van der Waals surface area contributed by atoms with Crippen molar-refractivity contribution in [3.05, 3.63) is 65.7 Å². The van der Waals surface area contributed by atoms with E-state index in [0.29, 0.717) is 26.3 Å². The predicted octanol–water partition coefficient (Wildman–Crippen LogP) is 3.48. The maximum Gasteiger partial charge on any atom is 0.240 e. The molecule has 1 atom stereocenters. The van der Waals surface area contributed by atoms with E-state index in [2.05, 4.69) is 23.2 Å². The third-order valence-corrected chi connectivity index (χ3v) is 6.37. The molecule has 6 nitrogen and oxygen atoms in total. The maximum absolute atomic E-state index is 13.3. The molecule has 1 aliphatic rings. The number of ether oxygens (including phenoxy) is 1. The lowest BCUT2D eigenvalue weighted by atomic mass is 10.1.